The van der Waals surface area contributed by atoms with Crippen molar-refractivity contribution in [2.45, 2.75) is 44.2 Å². The molecule has 0 radical (unpaired) electrons. The van der Waals surface area contributed by atoms with Crippen molar-refractivity contribution >= 4 is 0 Å². The first-order chi connectivity index (χ1) is 12.2. The summed E-state index contributed by atoms with van der Waals surface area (Å²) >= 11 is 0. The molecule has 140 valence electrons. The van der Waals surface area contributed by atoms with Crippen molar-refractivity contribution in [1.29, 1.82) is 0 Å². The molecular formula is C19H15F7. The molecule has 0 N–H and O–H groups in total. The summed E-state index contributed by atoms with van der Waals surface area (Å²) in [5.41, 5.74) is -2.83. The Bertz CT molecular complexity index is 794. The molecule has 0 bridgehead atoms. The van der Waals surface area contributed by atoms with Gasteiger partial charge in [-0.05, 0) is 42.0 Å². The number of hydrogen-bond acceptors (Lipinski definition) is 0. The van der Waals surface area contributed by atoms with E-state index in [9.17, 15) is 30.7 Å². The summed E-state index contributed by atoms with van der Waals surface area (Å²) in [6.07, 6.45) is -0.936. The standard InChI is InChI=1S/C19H15F7/c20-14-8-11(9-15(21)16(14)19(24,25)26)13-7-6-12(17(22)18(13)23)10-4-2-1-3-5-10/h6-10H,1-5H2. The summed E-state index contributed by atoms with van der Waals surface area (Å²) < 4.78 is 94.3. The second-order valence-corrected chi connectivity index (χ2v) is 6.48. The molecule has 1 fully saturated rings. The van der Waals surface area contributed by atoms with Gasteiger partial charge in [0.1, 0.15) is 17.2 Å². The highest BCUT2D eigenvalue weighted by molar-refractivity contribution is 5.65. The van der Waals surface area contributed by atoms with E-state index in [2.05, 4.69) is 0 Å². The minimum atomic E-state index is -5.22. The number of rotatable bonds is 2. The zero-order valence-electron chi connectivity index (χ0n) is 13.6. The topological polar surface area (TPSA) is 0 Å². The molecule has 0 aromatic heterocycles. The van der Waals surface area contributed by atoms with Gasteiger partial charge >= 0.3 is 6.18 Å². The van der Waals surface area contributed by atoms with Gasteiger partial charge in [0.2, 0.25) is 0 Å². The average molecular weight is 376 g/mol. The molecule has 0 heterocycles. The summed E-state index contributed by atoms with van der Waals surface area (Å²) in [6, 6.07) is 3.23. The van der Waals surface area contributed by atoms with Crippen LogP contribution in [0.5, 0.6) is 0 Å². The Kier molecular flexibility index (Phi) is 4.99. The van der Waals surface area contributed by atoms with Crippen LogP contribution < -0.4 is 0 Å². The third-order valence-corrected chi connectivity index (χ3v) is 4.79. The van der Waals surface area contributed by atoms with Gasteiger partial charge in [0, 0.05) is 5.56 Å². The van der Waals surface area contributed by atoms with Crippen LogP contribution in [-0.2, 0) is 6.18 Å². The maximum absolute atomic E-state index is 14.5. The van der Waals surface area contributed by atoms with Gasteiger partial charge < -0.3 is 0 Å². The molecule has 26 heavy (non-hydrogen) atoms. The van der Waals surface area contributed by atoms with Crippen molar-refractivity contribution in [1.82, 2.24) is 0 Å². The van der Waals surface area contributed by atoms with E-state index in [1.54, 1.807) is 0 Å². The molecule has 1 saturated carbocycles. The monoisotopic (exact) mass is 376 g/mol. The van der Waals surface area contributed by atoms with Gasteiger partial charge in [0.15, 0.2) is 11.6 Å². The van der Waals surface area contributed by atoms with Crippen LogP contribution in [0.4, 0.5) is 30.7 Å². The first-order valence-electron chi connectivity index (χ1n) is 8.24. The Morgan fingerprint density at radius 1 is 0.769 bits per heavy atom. The van der Waals surface area contributed by atoms with Gasteiger partial charge in [-0.15, -0.1) is 0 Å². The Morgan fingerprint density at radius 3 is 1.88 bits per heavy atom. The number of halogens is 7. The lowest BCUT2D eigenvalue weighted by Crippen LogP contribution is -2.12. The Labute approximate surface area is 145 Å². The maximum Gasteiger partial charge on any atom is 0.422 e. The van der Waals surface area contributed by atoms with E-state index in [-0.39, 0.29) is 11.5 Å². The fourth-order valence-corrected chi connectivity index (χ4v) is 3.52. The number of benzene rings is 2. The SMILES string of the molecule is Fc1cc(-c2ccc(C3CCCCC3)c(F)c2F)cc(F)c1C(F)(F)F. The van der Waals surface area contributed by atoms with E-state index in [4.69, 9.17) is 0 Å². The molecule has 0 spiro atoms. The Morgan fingerprint density at radius 2 is 1.35 bits per heavy atom. The van der Waals surface area contributed by atoms with E-state index in [0.717, 1.165) is 38.2 Å². The van der Waals surface area contributed by atoms with E-state index >= 15 is 0 Å². The van der Waals surface area contributed by atoms with Gasteiger partial charge in [0.05, 0.1) is 0 Å². The highest BCUT2D eigenvalue weighted by Gasteiger charge is 2.38. The zero-order chi connectivity index (χ0) is 19.1. The van der Waals surface area contributed by atoms with Crippen molar-refractivity contribution < 1.29 is 30.7 Å². The van der Waals surface area contributed by atoms with E-state index in [1.807, 2.05) is 0 Å². The van der Waals surface area contributed by atoms with Crippen LogP contribution in [0.1, 0.15) is 49.1 Å². The predicted octanol–water partition coefficient (Wildman–Crippen LogP) is 6.98. The molecule has 2 aromatic carbocycles. The number of hydrogen-bond donors (Lipinski definition) is 0. The van der Waals surface area contributed by atoms with E-state index in [1.165, 1.54) is 6.07 Å². The third kappa shape index (κ3) is 3.44. The van der Waals surface area contributed by atoms with Crippen molar-refractivity contribution in [2.75, 3.05) is 0 Å². The highest BCUT2D eigenvalue weighted by atomic mass is 19.4. The summed E-state index contributed by atoms with van der Waals surface area (Å²) in [5, 5.41) is 0. The Balaban J connectivity index is 2.04. The van der Waals surface area contributed by atoms with Crippen molar-refractivity contribution in [2.24, 2.45) is 0 Å². The van der Waals surface area contributed by atoms with Gasteiger partial charge in [0.25, 0.3) is 0 Å². The van der Waals surface area contributed by atoms with Gasteiger partial charge in [-0.25, -0.2) is 17.6 Å². The lowest BCUT2D eigenvalue weighted by atomic mass is 9.83. The molecular weight excluding hydrogens is 361 g/mol. The minimum absolute atomic E-state index is 0.131. The summed E-state index contributed by atoms with van der Waals surface area (Å²) in [5.74, 6) is -6.30. The van der Waals surface area contributed by atoms with Crippen LogP contribution in [0.2, 0.25) is 0 Å². The van der Waals surface area contributed by atoms with E-state index < -0.39 is 46.1 Å². The van der Waals surface area contributed by atoms with Crippen LogP contribution in [0, 0.1) is 23.3 Å². The second-order valence-electron chi connectivity index (χ2n) is 6.48. The summed E-state index contributed by atoms with van der Waals surface area (Å²) in [4.78, 5) is 0. The lowest BCUT2D eigenvalue weighted by molar-refractivity contribution is -0.142. The first-order valence-corrected chi connectivity index (χ1v) is 8.24. The molecule has 0 saturated heterocycles. The van der Waals surface area contributed by atoms with Crippen molar-refractivity contribution in [3.63, 3.8) is 0 Å². The minimum Gasteiger partial charge on any atom is -0.206 e. The quantitative estimate of drug-likeness (QED) is 0.496. The molecule has 3 rings (SSSR count). The lowest BCUT2D eigenvalue weighted by Gasteiger charge is -2.23. The molecule has 0 atom stereocenters. The van der Waals surface area contributed by atoms with Crippen LogP contribution in [0.3, 0.4) is 0 Å². The summed E-state index contributed by atoms with van der Waals surface area (Å²) in [7, 11) is 0. The van der Waals surface area contributed by atoms with Crippen molar-refractivity contribution in [3.05, 3.63) is 58.7 Å². The van der Waals surface area contributed by atoms with Crippen LogP contribution in [0.15, 0.2) is 24.3 Å². The van der Waals surface area contributed by atoms with Crippen LogP contribution in [-0.4, -0.2) is 0 Å². The Hall–Kier alpha value is -2.05. The maximum atomic E-state index is 14.5. The first kappa shape index (κ1) is 18.7. The fourth-order valence-electron chi connectivity index (χ4n) is 3.52. The molecule has 0 amide bonds. The van der Waals surface area contributed by atoms with Gasteiger partial charge in [-0.3, -0.25) is 0 Å². The molecule has 1 aliphatic rings. The zero-order valence-corrected chi connectivity index (χ0v) is 13.6. The van der Waals surface area contributed by atoms with Gasteiger partial charge in [-0.1, -0.05) is 31.4 Å². The average Bonchev–Trinajstić information content (AvgIpc) is 2.56. The summed E-state index contributed by atoms with van der Waals surface area (Å²) in [6.45, 7) is 0. The van der Waals surface area contributed by atoms with Crippen LogP contribution in [0.25, 0.3) is 11.1 Å². The molecule has 0 unspecified atom stereocenters. The molecule has 1 aliphatic carbocycles. The van der Waals surface area contributed by atoms with Crippen LogP contribution >= 0.6 is 0 Å². The largest absolute Gasteiger partial charge is 0.422 e. The molecule has 0 nitrogen and oxygen atoms in total. The molecule has 7 heteroatoms. The molecule has 2 aromatic rings. The van der Waals surface area contributed by atoms with E-state index in [0.29, 0.717) is 12.1 Å². The normalized spacial score (nSPS) is 16.1. The van der Waals surface area contributed by atoms with Gasteiger partial charge in [-0.2, -0.15) is 13.2 Å². The highest BCUT2D eigenvalue weighted by Crippen LogP contribution is 2.39. The van der Waals surface area contributed by atoms with Crippen molar-refractivity contribution in [3.8, 4) is 11.1 Å². The second kappa shape index (κ2) is 6.93. The third-order valence-electron chi connectivity index (χ3n) is 4.79. The smallest absolute Gasteiger partial charge is 0.206 e. The fraction of sp³-hybridized carbons (Fsp3) is 0.368. The molecule has 0 aliphatic heterocycles. The predicted molar refractivity (Wildman–Crippen MR) is 82.5 cm³/mol. The number of alkyl halides is 3.